The van der Waals surface area contributed by atoms with Crippen molar-refractivity contribution in [2.75, 3.05) is 19.8 Å². The molecule has 2 rings (SSSR count). The number of ether oxygens (including phenoxy) is 3. The second kappa shape index (κ2) is 18.7. The Morgan fingerprint density at radius 3 is 1.94 bits per heavy atom. The maximum atomic E-state index is 12.0. The van der Waals surface area contributed by atoms with Gasteiger partial charge < -0.3 is 14.2 Å². The average molecular weight is 517 g/mol. The molecule has 0 bridgehead atoms. The molecule has 0 aliphatic carbocycles. The highest BCUT2D eigenvalue weighted by Crippen LogP contribution is 2.20. The molecule has 2 aromatic rings. The van der Waals surface area contributed by atoms with Gasteiger partial charge >= 0.3 is 5.97 Å². The van der Waals surface area contributed by atoms with E-state index in [9.17, 15) is 9.59 Å². The number of Topliss-reactive ketones (excluding diaryl/α,β-unsaturated/α-hetero) is 1. The van der Waals surface area contributed by atoms with E-state index in [0.29, 0.717) is 54.8 Å². The summed E-state index contributed by atoms with van der Waals surface area (Å²) < 4.78 is 16.5. The largest absolute Gasteiger partial charge is 0.494 e. The molecule has 0 heterocycles. The summed E-state index contributed by atoms with van der Waals surface area (Å²) in [5.74, 6) is 1.44. The first kappa shape index (κ1) is 29.7. The zero-order valence-corrected chi connectivity index (χ0v) is 22.4. The highest BCUT2D eigenvalue weighted by atomic mass is 35.5. The Hall–Kier alpha value is -2.53. The minimum atomic E-state index is -0.338. The molecule has 0 saturated carbocycles. The summed E-state index contributed by atoms with van der Waals surface area (Å²) in [7, 11) is 0. The molecule has 198 valence electrons. The van der Waals surface area contributed by atoms with Crippen molar-refractivity contribution in [2.24, 2.45) is 0 Å². The van der Waals surface area contributed by atoms with Crippen LogP contribution in [0.3, 0.4) is 0 Å². The van der Waals surface area contributed by atoms with Crippen LogP contribution in [0.15, 0.2) is 48.5 Å². The van der Waals surface area contributed by atoms with E-state index in [1.807, 2.05) is 42.5 Å². The van der Waals surface area contributed by atoms with Crippen LogP contribution in [0, 0.1) is 0 Å². The summed E-state index contributed by atoms with van der Waals surface area (Å²) in [6.45, 7) is 3.38. The monoisotopic (exact) mass is 516 g/mol. The molecular formula is C30H41ClO5. The van der Waals surface area contributed by atoms with Crippen molar-refractivity contribution in [3.63, 3.8) is 0 Å². The van der Waals surface area contributed by atoms with E-state index in [1.54, 1.807) is 13.0 Å². The normalized spacial score (nSPS) is 10.7. The fourth-order valence-electron chi connectivity index (χ4n) is 3.91. The molecule has 0 unspecified atom stereocenters. The minimum absolute atomic E-state index is 0.338. The summed E-state index contributed by atoms with van der Waals surface area (Å²) in [6, 6.07) is 14.6. The van der Waals surface area contributed by atoms with Gasteiger partial charge in [0, 0.05) is 17.9 Å². The van der Waals surface area contributed by atoms with Gasteiger partial charge in [0.05, 0.1) is 19.8 Å². The number of halogens is 1. The first-order valence-corrected chi connectivity index (χ1v) is 13.8. The van der Waals surface area contributed by atoms with E-state index < -0.39 is 0 Å². The summed E-state index contributed by atoms with van der Waals surface area (Å²) >= 11 is 5.86. The first-order valence-electron chi connectivity index (χ1n) is 13.4. The van der Waals surface area contributed by atoms with Gasteiger partial charge in [-0.15, -0.1) is 0 Å². The van der Waals surface area contributed by atoms with Crippen LogP contribution in [0.4, 0.5) is 0 Å². The van der Waals surface area contributed by atoms with Crippen LogP contribution in [0.25, 0.3) is 0 Å². The number of esters is 1. The van der Waals surface area contributed by atoms with Gasteiger partial charge in [-0.05, 0) is 69.0 Å². The van der Waals surface area contributed by atoms with Crippen LogP contribution in [-0.2, 0) is 9.53 Å². The quantitative estimate of drug-likeness (QED) is 0.131. The smallest absolute Gasteiger partial charge is 0.341 e. The summed E-state index contributed by atoms with van der Waals surface area (Å²) in [5, 5.41) is 0.700. The number of hydrogen-bond acceptors (Lipinski definition) is 5. The molecule has 36 heavy (non-hydrogen) atoms. The van der Waals surface area contributed by atoms with Crippen molar-refractivity contribution in [2.45, 2.75) is 84.0 Å². The Balaban J connectivity index is 1.38. The number of hydrogen-bond donors (Lipinski definition) is 0. The van der Waals surface area contributed by atoms with Gasteiger partial charge in [-0.25, -0.2) is 4.79 Å². The molecule has 0 spiro atoms. The number of carbonyl (C=O) groups excluding carboxylic acids is 2. The lowest BCUT2D eigenvalue weighted by Gasteiger charge is -2.10. The standard InChI is InChI=1S/C30H41ClO5/c1-2-34-30(33)28-17-10-11-18-29(28)36-24-13-8-6-4-3-5-7-9-15-26(32)16-12-14-23-35-27-21-19-25(31)20-22-27/h10-11,17-22H,2-9,12-16,23-24H2,1H3. The molecule has 0 radical (unpaired) electrons. The SMILES string of the molecule is CCOC(=O)c1ccccc1OCCCCCCCCCCC(=O)CCCCOc1ccc(Cl)cc1. The lowest BCUT2D eigenvalue weighted by Crippen LogP contribution is -2.08. The Kier molecular flexibility index (Phi) is 15.4. The van der Waals surface area contributed by atoms with Crippen LogP contribution < -0.4 is 9.47 Å². The fraction of sp³-hybridized carbons (Fsp3) is 0.533. The van der Waals surface area contributed by atoms with E-state index in [2.05, 4.69) is 0 Å². The molecule has 0 N–H and O–H groups in total. The van der Waals surface area contributed by atoms with Gasteiger partial charge in [-0.2, -0.15) is 0 Å². The zero-order valence-electron chi connectivity index (χ0n) is 21.6. The third-order valence-corrected chi connectivity index (χ3v) is 6.17. The van der Waals surface area contributed by atoms with Crippen molar-refractivity contribution < 1.29 is 23.8 Å². The highest BCUT2D eigenvalue weighted by molar-refractivity contribution is 6.30. The van der Waals surface area contributed by atoms with Crippen molar-refractivity contribution >= 4 is 23.4 Å². The Morgan fingerprint density at radius 2 is 1.25 bits per heavy atom. The zero-order chi connectivity index (χ0) is 25.8. The van der Waals surface area contributed by atoms with Gasteiger partial charge in [0.2, 0.25) is 0 Å². The number of benzene rings is 2. The van der Waals surface area contributed by atoms with E-state index >= 15 is 0 Å². The minimum Gasteiger partial charge on any atom is -0.494 e. The molecule has 0 amide bonds. The van der Waals surface area contributed by atoms with Crippen LogP contribution >= 0.6 is 11.6 Å². The van der Waals surface area contributed by atoms with Gasteiger partial charge in [0.15, 0.2) is 0 Å². The van der Waals surface area contributed by atoms with E-state index in [0.717, 1.165) is 44.3 Å². The maximum Gasteiger partial charge on any atom is 0.341 e. The predicted octanol–water partition coefficient (Wildman–Crippen LogP) is 8.22. The molecule has 0 saturated heterocycles. The Morgan fingerprint density at radius 1 is 0.694 bits per heavy atom. The number of unbranched alkanes of at least 4 members (excludes halogenated alkanes) is 8. The van der Waals surface area contributed by atoms with E-state index in [4.69, 9.17) is 25.8 Å². The predicted molar refractivity (Wildman–Crippen MR) is 145 cm³/mol. The number of carbonyl (C=O) groups is 2. The molecule has 0 aliphatic rings. The van der Waals surface area contributed by atoms with Gasteiger partial charge in [0.1, 0.15) is 22.8 Å². The maximum absolute atomic E-state index is 12.0. The molecule has 5 nitrogen and oxygen atoms in total. The van der Waals surface area contributed by atoms with Crippen LogP contribution in [0.1, 0.15) is 94.3 Å². The Labute approximate surface area is 221 Å². The molecule has 0 fully saturated rings. The third kappa shape index (κ3) is 13.0. The van der Waals surface area contributed by atoms with Gasteiger partial charge in [0.25, 0.3) is 0 Å². The van der Waals surface area contributed by atoms with Crippen molar-refractivity contribution in [3.05, 3.63) is 59.1 Å². The highest BCUT2D eigenvalue weighted by Gasteiger charge is 2.12. The van der Waals surface area contributed by atoms with Crippen molar-refractivity contribution in [1.82, 2.24) is 0 Å². The lowest BCUT2D eigenvalue weighted by molar-refractivity contribution is -0.119. The molecule has 0 aromatic heterocycles. The van der Waals surface area contributed by atoms with Crippen LogP contribution in [-0.4, -0.2) is 31.6 Å². The molecule has 0 aliphatic heterocycles. The van der Waals surface area contributed by atoms with E-state index in [1.165, 1.54) is 25.7 Å². The van der Waals surface area contributed by atoms with Crippen molar-refractivity contribution in [3.8, 4) is 11.5 Å². The summed E-state index contributed by atoms with van der Waals surface area (Å²) in [5.41, 5.74) is 0.487. The van der Waals surface area contributed by atoms with E-state index in [-0.39, 0.29) is 5.97 Å². The average Bonchev–Trinajstić information content (AvgIpc) is 2.88. The van der Waals surface area contributed by atoms with Gasteiger partial charge in [-0.3, -0.25) is 4.79 Å². The topological polar surface area (TPSA) is 61.8 Å². The summed E-state index contributed by atoms with van der Waals surface area (Å²) in [6.07, 6.45) is 12.1. The third-order valence-electron chi connectivity index (χ3n) is 5.92. The second-order valence-corrected chi connectivity index (χ2v) is 9.38. The molecule has 6 heteroatoms. The second-order valence-electron chi connectivity index (χ2n) is 8.94. The summed E-state index contributed by atoms with van der Waals surface area (Å²) in [4.78, 5) is 24.0. The number of para-hydroxylation sites is 1. The number of rotatable bonds is 20. The molecular weight excluding hydrogens is 476 g/mol. The van der Waals surface area contributed by atoms with Crippen LogP contribution in [0.5, 0.6) is 11.5 Å². The van der Waals surface area contributed by atoms with Crippen LogP contribution in [0.2, 0.25) is 5.02 Å². The fourth-order valence-corrected chi connectivity index (χ4v) is 4.03. The lowest BCUT2D eigenvalue weighted by atomic mass is 10.0. The Bertz CT molecular complexity index is 881. The van der Waals surface area contributed by atoms with Crippen molar-refractivity contribution in [1.29, 1.82) is 0 Å². The first-order chi connectivity index (χ1) is 17.6. The molecule has 2 aromatic carbocycles. The van der Waals surface area contributed by atoms with Gasteiger partial charge in [-0.1, -0.05) is 62.3 Å². The molecule has 0 atom stereocenters. The number of ketones is 1.